The number of carbonyl (C=O) groups excluding carboxylic acids is 1. The van der Waals surface area contributed by atoms with Crippen molar-refractivity contribution in [1.29, 1.82) is 0 Å². The quantitative estimate of drug-likeness (QED) is 0.236. The topological polar surface area (TPSA) is 177 Å². The zero-order valence-corrected chi connectivity index (χ0v) is 11.6. The van der Waals surface area contributed by atoms with E-state index in [1.54, 1.807) is 0 Å². The van der Waals surface area contributed by atoms with Gasteiger partial charge in [-0.3, -0.25) is 0 Å². The van der Waals surface area contributed by atoms with Crippen LogP contribution in [0.15, 0.2) is 12.1 Å². The Kier molecular flexibility index (Phi) is 4.92. The van der Waals surface area contributed by atoms with Crippen molar-refractivity contribution in [2.45, 2.75) is 30.7 Å². The van der Waals surface area contributed by atoms with Gasteiger partial charge in [0.1, 0.15) is 24.4 Å². The number of esters is 1. The summed E-state index contributed by atoms with van der Waals surface area (Å²) in [5.74, 6) is -3.52. The van der Waals surface area contributed by atoms with Crippen LogP contribution in [0.2, 0.25) is 0 Å². The lowest BCUT2D eigenvalue weighted by Gasteiger charge is -2.39. The molecule has 0 saturated carbocycles. The van der Waals surface area contributed by atoms with Crippen LogP contribution < -0.4 is 0 Å². The third-order valence-corrected chi connectivity index (χ3v) is 3.38. The fourth-order valence-corrected chi connectivity index (χ4v) is 2.06. The Balaban J connectivity index is 2.16. The van der Waals surface area contributed by atoms with Gasteiger partial charge in [0.15, 0.2) is 17.2 Å². The van der Waals surface area contributed by atoms with Crippen molar-refractivity contribution < 1.29 is 50.0 Å². The van der Waals surface area contributed by atoms with Crippen LogP contribution in [0.25, 0.3) is 0 Å². The Morgan fingerprint density at radius 1 is 1.04 bits per heavy atom. The summed E-state index contributed by atoms with van der Waals surface area (Å²) in [6.45, 7) is -0.695. The van der Waals surface area contributed by atoms with Crippen molar-refractivity contribution in [3.63, 3.8) is 0 Å². The molecule has 1 aromatic rings. The SMILES string of the molecule is O=C(O[C@@H]1O[C@H](CO)[C@H](O)[C@H](O)[C@H]1O)c1cc(O)c(O)c(O)c1. The van der Waals surface area contributed by atoms with E-state index in [0.717, 1.165) is 12.1 Å². The summed E-state index contributed by atoms with van der Waals surface area (Å²) in [4.78, 5) is 11.9. The molecule has 1 aliphatic heterocycles. The molecule has 2 rings (SSSR count). The first kappa shape index (κ1) is 17.2. The summed E-state index contributed by atoms with van der Waals surface area (Å²) < 4.78 is 9.77. The summed E-state index contributed by atoms with van der Waals surface area (Å²) >= 11 is 0. The number of phenolic OH excluding ortho intramolecular Hbond substituents is 3. The molecule has 0 spiro atoms. The van der Waals surface area contributed by atoms with Gasteiger partial charge in [0.25, 0.3) is 0 Å². The van der Waals surface area contributed by atoms with Gasteiger partial charge < -0.3 is 45.2 Å². The minimum atomic E-state index is -1.78. The number of phenols is 3. The van der Waals surface area contributed by atoms with E-state index in [9.17, 15) is 35.4 Å². The molecular formula is C13H16O10. The normalized spacial score (nSPS) is 30.9. The molecular weight excluding hydrogens is 316 g/mol. The Bertz CT molecular complexity index is 563. The molecule has 7 N–H and O–H groups in total. The monoisotopic (exact) mass is 332 g/mol. The number of rotatable bonds is 3. The van der Waals surface area contributed by atoms with Crippen molar-refractivity contribution in [2.24, 2.45) is 0 Å². The summed E-state index contributed by atoms with van der Waals surface area (Å²) in [5.41, 5.74) is -0.366. The van der Waals surface area contributed by atoms with Crippen molar-refractivity contribution in [1.82, 2.24) is 0 Å². The van der Waals surface area contributed by atoms with Gasteiger partial charge in [-0.1, -0.05) is 0 Å². The molecule has 0 aromatic heterocycles. The molecule has 10 nitrogen and oxygen atoms in total. The lowest BCUT2D eigenvalue weighted by Crippen LogP contribution is -2.59. The van der Waals surface area contributed by atoms with Gasteiger partial charge >= 0.3 is 5.97 Å². The van der Waals surface area contributed by atoms with Crippen molar-refractivity contribution in [3.05, 3.63) is 17.7 Å². The number of aliphatic hydroxyl groups excluding tert-OH is 4. The third-order valence-electron chi connectivity index (χ3n) is 3.38. The van der Waals surface area contributed by atoms with E-state index in [4.69, 9.17) is 14.6 Å². The molecule has 1 saturated heterocycles. The summed E-state index contributed by atoms with van der Waals surface area (Å²) in [6, 6.07) is 1.61. The molecule has 0 unspecified atom stereocenters. The Hall–Kier alpha value is -2.11. The lowest BCUT2D eigenvalue weighted by atomic mass is 9.99. The summed E-state index contributed by atoms with van der Waals surface area (Å²) in [5, 5.41) is 65.8. The first-order chi connectivity index (χ1) is 10.8. The van der Waals surface area contributed by atoms with Gasteiger partial charge in [0.05, 0.1) is 12.2 Å². The average Bonchev–Trinajstić information content (AvgIpc) is 2.52. The average molecular weight is 332 g/mol. The zero-order valence-electron chi connectivity index (χ0n) is 11.6. The maximum Gasteiger partial charge on any atom is 0.340 e. The van der Waals surface area contributed by atoms with Gasteiger partial charge in [-0.2, -0.15) is 0 Å². The first-order valence-electron chi connectivity index (χ1n) is 6.52. The lowest BCUT2D eigenvalue weighted by molar-refractivity contribution is -0.285. The number of aromatic hydroxyl groups is 3. The molecule has 5 atom stereocenters. The van der Waals surface area contributed by atoms with E-state index in [1.807, 2.05) is 0 Å². The van der Waals surface area contributed by atoms with E-state index >= 15 is 0 Å². The van der Waals surface area contributed by atoms with Gasteiger partial charge in [0, 0.05) is 0 Å². The number of carbonyl (C=O) groups is 1. The zero-order chi connectivity index (χ0) is 17.3. The van der Waals surface area contributed by atoms with Gasteiger partial charge in [-0.05, 0) is 12.1 Å². The fourth-order valence-electron chi connectivity index (χ4n) is 2.06. The maximum atomic E-state index is 11.9. The number of ether oxygens (including phenoxy) is 2. The molecule has 0 aliphatic carbocycles. The van der Waals surface area contributed by atoms with Crippen molar-refractivity contribution >= 4 is 5.97 Å². The summed E-state index contributed by atoms with van der Waals surface area (Å²) in [6.07, 6.45) is -8.06. The van der Waals surface area contributed by atoms with E-state index in [2.05, 4.69) is 0 Å². The maximum absolute atomic E-state index is 11.9. The molecule has 128 valence electrons. The highest BCUT2D eigenvalue weighted by atomic mass is 16.7. The van der Waals surface area contributed by atoms with Gasteiger partial charge in [-0.15, -0.1) is 0 Å². The first-order valence-corrected chi connectivity index (χ1v) is 6.52. The minimum absolute atomic E-state index is 0.366. The fraction of sp³-hybridized carbons (Fsp3) is 0.462. The Morgan fingerprint density at radius 2 is 1.61 bits per heavy atom. The minimum Gasteiger partial charge on any atom is -0.504 e. The number of aliphatic hydroxyl groups is 4. The number of hydrogen-bond donors (Lipinski definition) is 7. The van der Waals surface area contributed by atoms with E-state index in [-0.39, 0.29) is 5.56 Å². The predicted octanol–water partition coefficient (Wildman–Crippen LogP) is -2.24. The molecule has 1 aliphatic rings. The molecule has 0 radical (unpaired) electrons. The Morgan fingerprint density at radius 3 is 2.13 bits per heavy atom. The highest BCUT2D eigenvalue weighted by molar-refractivity contribution is 5.91. The van der Waals surface area contributed by atoms with Gasteiger partial charge in [0.2, 0.25) is 6.29 Å². The predicted molar refractivity (Wildman–Crippen MR) is 70.6 cm³/mol. The molecule has 0 bridgehead atoms. The van der Waals surface area contributed by atoms with E-state index in [0.29, 0.717) is 0 Å². The van der Waals surface area contributed by atoms with Crippen LogP contribution in [-0.2, 0) is 9.47 Å². The number of benzene rings is 1. The van der Waals surface area contributed by atoms with Crippen LogP contribution in [-0.4, -0.2) is 79.0 Å². The largest absolute Gasteiger partial charge is 0.504 e. The molecule has 23 heavy (non-hydrogen) atoms. The van der Waals surface area contributed by atoms with E-state index < -0.39 is 60.5 Å². The molecule has 1 heterocycles. The smallest absolute Gasteiger partial charge is 0.340 e. The third kappa shape index (κ3) is 3.30. The van der Waals surface area contributed by atoms with Crippen molar-refractivity contribution in [2.75, 3.05) is 6.61 Å². The standard InChI is InChI=1S/C13H16O10/c14-3-7-9(18)10(19)11(20)13(22-7)23-12(21)4-1-5(15)8(17)6(16)2-4/h1-2,7,9-11,13-20H,3H2/t7-,9+,10+,11-,13+/m1/s1. The highest BCUT2D eigenvalue weighted by Gasteiger charge is 2.45. The van der Waals surface area contributed by atoms with Crippen LogP contribution in [0.5, 0.6) is 17.2 Å². The van der Waals surface area contributed by atoms with Crippen LogP contribution in [0.4, 0.5) is 0 Å². The van der Waals surface area contributed by atoms with Crippen LogP contribution in [0.3, 0.4) is 0 Å². The Labute approximate surface area is 129 Å². The van der Waals surface area contributed by atoms with Gasteiger partial charge in [-0.25, -0.2) is 4.79 Å². The van der Waals surface area contributed by atoms with Crippen LogP contribution in [0.1, 0.15) is 10.4 Å². The van der Waals surface area contributed by atoms with Crippen LogP contribution in [0, 0.1) is 0 Å². The second-order valence-electron chi connectivity index (χ2n) is 4.97. The molecule has 0 amide bonds. The molecule has 10 heteroatoms. The molecule has 1 fully saturated rings. The van der Waals surface area contributed by atoms with Crippen molar-refractivity contribution in [3.8, 4) is 17.2 Å². The second kappa shape index (κ2) is 6.56. The second-order valence-corrected chi connectivity index (χ2v) is 4.97. The number of hydrogen-bond acceptors (Lipinski definition) is 10. The molecule has 1 aromatic carbocycles. The van der Waals surface area contributed by atoms with E-state index in [1.165, 1.54) is 0 Å². The summed E-state index contributed by atoms with van der Waals surface area (Å²) in [7, 11) is 0. The van der Waals surface area contributed by atoms with Crippen LogP contribution >= 0.6 is 0 Å². The highest BCUT2D eigenvalue weighted by Crippen LogP contribution is 2.35.